The Labute approximate surface area is 85.5 Å². The maximum atomic E-state index is 9.03. The van der Waals surface area contributed by atoms with E-state index in [1.54, 1.807) is 7.11 Å². The molecule has 1 aromatic rings. The van der Waals surface area contributed by atoms with E-state index in [0.29, 0.717) is 0 Å². The molecule has 0 unspecified atom stereocenters. The molecular weight excluding hydrogens is 176 g/mol. The summed E-state index contributed by atoms with van der Waals surface area (Å²) < 4.78 is 5.30. The zero-order valence-electron chi connectivity index (χ0n) is 9.16. The van der Waals surface area contributed by atoms with Crippen molar-refractivity contribution in [3.8, 4) is 5.75 Å². The number of hydrogen-bond donors (Lipinski definition) is 1. The van der Waals surface area contributed by atoms with Crippen LogP contribution in [-0.4, -0.2) is 12.2 Å². The van der Waals surface area contributed by atoms with Crippen LogP contribution in [-0.2, 0) is 5.41 Å². The zero-order valence-corrected chi connectivity index (χ0v) is 9.16. The first-order valence-corrected chi connectivity index (χ1v) is 4.65. The third-order valence-electron chi connectivity index (χ3n) is 2.20. The summed E-state index contributed by atoms with van der Waals surface area (Å²) in [5, 5.41) is 9.03. The standard InChI is InChI=1S/C12H17O2/c1-12(2,3)10-7-5-6-9(8-13)11(10)14-4/h5-8,13H,1-4H3. The molecule has 0 aromatic heterocycles. The van der Waals surface area contributed by atoms with Crippen LogP contribution in [0.25, 0.3) is 0 Å². The van der Waals surface area contributed by atoms with E-state index in [1.807, 2.05) is 18.2 Å². The van der Waals surface area contributed by atoms with E-state index >= 15 is 0 Å². The number of hydrogen-bond acceptors (Lipinski definition) is 2. The highest BCUT2D eigenvalue weighted by atomic mass is 16.5. The van der Waals surface area contributed by atoms with Crippen molar-refractivity contribution >= 4 is 0 Å². The Morgan fingerprint density at radius 1 is 1.29 bits per heavy atom. The fourth-order valence-electron chi connectivity index (χ4n) is 1.47. The van der Waals surface area contributed by atoms with E-state index in [-0.39, 0.29) is 5.41 Å². The van der Waals surface area contributed by atoms with Crippen molar-refractivity contribution in [2.24, 2.45) is 0 Å². The highest BCUT2D eigenvalue weighted by molar-refractivity contribution is 5.47. The molecule has 0 saturated heterocycles. The number of methoxy groups -OCH3 is 1. The second-order valence-electron chi connectivity index (χ2n) is 4.31. The molecule has 0 aliphatic heterocycles. The Kier molecular flexibility index (Phi) is 3.17. The van der Waals surface area contributed by atoms with E-state index in [9.17, 15) is 0 Å². The van der Waals surface area contributed by atoms with Crippen LogP contribution < -0.4 is 4.74 Å². The fraction of sp³-hybridized carbons (Fsp3) is 0.417. The van der Waals surface area contributed by atoms with Gasteiger partial charge in [0.1, 0.15) is 12.4 Å². The van der Waals surface area contributed by atoms with E-state index < -0.39 is 0 Å². The summed E-state index contributed by atoms with van der Waals surface area (Å²) in [4.78, 5) is 0. The molecule has 2 heteroatoms. The highest BCUT2D eigenvalue weighted by Crippen LogP contribution is 2.34. The Morgan fingerprint density at radius 2 is 1.93 bits per heavy atom. The van der Waals surface area contributed by atoms with Gasteiger partial charge in [-0.25, -0.2) is 0 Å². The zero-order chi connectivity index (χ0) is 10.8. The van der Waals surface area contributed by atoms with Crippen LogP contribution in [0.4, 0.5) is 0 Å². The summed E-state index contributed by atoms with van der Waals surface area (Å²) in [6.45, 7) is 7.43. The second-order valence-corrected chi connectivity index (χ2v) is 4.31. The Bertz CT molecular complexity index is 311. The minimum Gasteiger partial charge on any atom is -0.496 e. The van der Waals surface area contributed by atoms with Crippen LogP contribution in [0.2, 0.25) is 0 Å². The molecule has 1 aromatic carbocycles. The predicted octanol–water partition coefficient (Wildman–Crippen LogP) is 2.88. The minimum absolute atomic E-state index is 0.0182. The summed E-state index contributed by atoms with van der Waals surface area (Å²) in [6.07, 6.45) is 0. The molecule has 0 amide bonds. The van der Waals surface area contributed by atoms with Gasteiger partial charge in [-0.2, -0.15) is 0 Å². The molecule has 2 nitrogen and oxygen atoms in total. The van der Waals surface area contributed by atoms with Crippen molar-refractivity contribution in [1.82, 2.24) is 0 Å². The molecule has 0 aliphatic carbocycles. The molecule has 14 heavy (non-hydrogen) atoms. The van der Waals surface area contributed by atoms with Gasteiger partial charge >= 0.3 is 0 Å². The highest BCUT2D eigenvalue weighted by Gasteiger charge is 2.20. The van der Waals surface area contributed by atoms with Gasteiger partial charge in [0, 0.05) is 5.56 Å². The first kappa shape index (κ1) is 11.1. The summed E-state index contributed by atoms with van der Waals surface area (Å²) in [6, 6.07) is 5.77. The van der Waals surface area contributed by atoms with Crippen molar-refractivity contribution in [3.63, 3.8) is 0 Å². The predicted molar refractivity (Wildman–Crippen MR) is 57.0 cm³/mol. The van der Waals surface area contributed by atoms with Crippen LogP contribution in [0.15, 0.2) is 18.2 Å². The summed E-state index contributed by atoms with van der Waals surface area (Å²) >= 11 is 0. The molecule has 77 valence electrons. The Hall–Kier alpha value is -1.02. The third kappa shape index (κ3) is 2.07. The number of aliphatic hydroxyl groups excluding tert-OH is 1. The van der Waals surface area contributed by atoms with Gasteiger partial charge in [0.25, 0.3) is 0 Å². The molecule has 0 atom stereocenters. The SMILES string of the molecule is COc1c([CH]O)cccc1C(C)(C)C. The largest absolute Gasteiger partial charge is 0.496 e. The maximum absolute atomic E-state index is 9.03. The Morgan fingerprint density at radius 3 is 2.36 bits per heavy atom. The van der Waals surface area contributed by atoms with Gasteiger partial charge in [-0.3, -0.25) is 0 Å². The normalized spacial score (nSPS) is 11.5. The third-order valence-corrected chi connectivity index (χ3v) is 2.20. The average Bonchev–Trinajstić information content (AvgIpc) is 2.15. The molecule has 1 radical (unpaired) electrons. The molecule has 0 aliphatic rings. The van der Waals surface area contributed by atoms with E-state index in [4.69, 9.17) is 9.84 Å². The summed E-state index contributed by atoms with van der Waals surface area (Å²) in [5.74, 6) is 0.752. The molecule has 0 spiro atoms. The van der Waals surface area contributed by atoms with Gasteiger partial charge in [-0.15, -0.1) is 0 Å². The van der Waals surface area contributed by atoms with E-state index in [2.05, 4.69) is 20.8 Å². The van der Waals surface area contributed by atoms with Crippen molar-refractivity contribution in [1.29, 1.82) is 0 Å². The Balaban J connectivity index is 3.29. The number of ether oxygens (including phenoxy) is 1. The summed E-state index contributed by atoms with van der Waals surface area (Å²) in [5.41, 5.74) is 1.84. The quantitative estimate of drug-likeness (QED) is 0.782. The number of rotatable bonds is 2. The minimum atomic E-state index is 0.0182. The lowest BCUT2D eigenvalue weighted by atomic mass is 9.85. The number of benzene rings is 1. The van der Waals surface area contributed by atoms with Crippen molar-refractivity contribution in [2.75, 3.05) is 7.11 Å². The molecule has 0 saturated carbocycles. The molecule has 0 fully saturated rings. The lowest BCUT2D eigenvalue weighted by Gasteiger charge is -2.23. The van der Waals surface area contributed by atoms with Gasteiger partial charge in [0.15, 0.2) is 0 Å². The maximum Gasteiger partial charge on any atom is 0.128 e. The number of para-hydroxylation sites is 1. The van der Waals surface area contributed by atoms with Crippen LogP contribution in [0.3, 0.4) is 0 Å². The smallest absolute Gasteiger partial charge is 0.128 e. The first-order valence-electron chi connectivity index (χ1n) is 4.65. The number of aliphatic hydroxyl groups is 1. The topological polar surface area (TPSA) is 29.5 Å². The van der Waals surface area contributed by atoms with Crippen molar-refractivity contribution in [3.05, 3.63) is 35.9 Å². The van der Waals surface area contributed by atoms with Crippen molar-refractivity contribution in [2.45, 2.75) is 26.2 Å². The van der Waals surface area contributed by atoms with Crippen LogP contribution in [0, 0.1) is 6.61 Å². The molecular formula is C12H17O2. The van der Waals surface area contributed by atoms with Gasteiger partial charge in [-0.05, 0) is 11.0 Å². The van der Waals surface area contributed by atoms with Gasteiger partial charge < -0.3 is 9.84 Å². The fourth-order valence-corrected chi connectivity index (χ4v) is 1.47. The molecule has 1 N–H and O–H groups in total. The molecule has 0 bridgehead atoms. The second kappa shape index (κ2) is 4.01. The van der Waals surface area contributed by atoms with Crippen molar-refractivity contribution < 1.29 is 9.84 Å². The monoisotopic (exact) mass is 193 g/mol. The molecule has 0 heterocycles. The van der Waals surface area contributed by atoms with Crippen LogP contribution in [0.5, 0.6) is 5.75 Å². The van der Waals surface area contributed by atoms with Crippen LogP contribution in [0.1, 0.15) is 31.9 Å². The van der Waals surface area contributed by atoms with Gasteiger partial charge in [0.2, 0.25) is 0 Å². The summed E-state index contributed by atoms with van der Waals surface area (Å²) in [7, 11) is 1.62. The van der Waals surface area contributed by atoms with Gasteiger partial charge in [0.05, 0.1) is 7.11 Å². The first-order chi connectivity index (χ1) is 6.50. The van der Waals surface area contributed by atoms with Crippen LogP contribution >= 0.6 is 0 Å². The van der Waals surface area contributed by atoms with Gasteiger partial charge in [-0.1, -0.05) is 39.0 Å². The lowest BCUT2D eigenvalue weighted by molar-refractivity contribution is 0.374. The van der Waals surface area contributed by atoms with E-state index in [1.165, 1.54) is 0 Å². The average molecular weight is 193 g/mol. The lowest BCUT2D eigenvalue weighted by Crippen LogP contribution is -2.13. The van der Waals surface area contributed by atoms with E-state index in [0.717, 1.165) is 23.5 Å². The molecule has 1 rings (SSSR count).